The molecule has 2 nitrogen and oxygen atoms in total. The maximum absolute atomic E-state index is 3.64. The summed E-state index contributed by atoms with van der Waals surface area (Å²) in [6, 6.07) is 8.69. The van der Waals surface area contributed by atoms with Gasteiger partial charge in [-0.05, 0) is 38.1 Å². The summed E-state index contributed by atoms with van der Waals surface area (Å²) >= 11 is 0. The highest BCUT2D eigenvalue weighted by atomic mass is 15.1. The molecular weight excluding hydrogens is 232 g/mol. The van der Waals surface area contributed by atoms with Crippen LogP contribution in [0.5, 0.6) is 0 Å². The fourth-order valence-electron chi connectivity index (χ4n) is 3.06. The molecular formula is C17H28N2. The number of hydrogen-bond acceptors (Lipinski definition) is 2. The van der Waals surface area contributed by atoms with Crippen molar-refractivity contribution in [3.05, 3.63) is 29.8 Å². The van der Waals surface area contributed by atoms with Crippen LogP contribution in [-0.4, -0.2) is 25.5 Å². The lowest BCUT2D eigenvalue weighted by Crippen LogP contribution is -2.15. The Hall–Kier alpha value is -1.02. The van der Waals surface area contributed by atoms with Crippen molar-refractivity contribution in [3.63, 3.8) is 0 Å². The van der Waals surface area contributed by atoms with Crippen molar-refractivity contribution in [2.75, 3.05) is 26.0 Å². The van der Waals surface area contributed by atoms with Crippen LogP contribution in [0, 0.1) is 5.92 Å². The molecule has 0 aliphatic heterocycles. The minimum atomic E-state index is 0.960. The molecule has 1 aromatic rings. The maximum Gasteiger partial charge on any atom is 0.0385 e. The lowest BCUT2D eigenvalue weighted by Gasteiger charge is -2.22. The van der Waals surface area contributed by atoms with Crippen LogP contribution in [0.2, 0.25) is 0 Å². The lowest BCUT2D eigenvalue weighted by atomic mass is 9.87. The average Bonchev–Trinajstić information content (AvgIpc) is 2.41. The van der Waals surface area contributed by atoms with E-state index in [1.165, 1.54) is 49.8 Å². The Balaban J connectivity index is 1.81. The number of para-hydroxylation sites is 1. The molecule has 0 unspecified atom stereocenters. The van der Waals surface area contributed by atoms with Crippen LogP contribution in [0.25, 0.3) is 0 Å². The molecule has 0 saturated heterocycles. The quantitative estimate of drug-likeness (QED) is 0.827. The van der Waals surface area contributed by atoms with Crippen molar-refractivity contribution < 1.29 is 0 Å². The molecule has 1 aromatic carbocycles. The summed E-state index contributed by atoms with van der Waals surface area (Å²) in [5.74, 6) is 0.960. The minimum absolute atomic E-state index is 0.960. The van der Waals surface area contributed by atoms with Gasteiger partial charge in [-0.1, -0.05) is 50.3 Å². The van der Waals surface area contributed by atoms with Crippen LogP contribution in [0.1, 0.15) is 44.1 Å². The van der Waals surface area contributed by atoms with Crippen LogP contribution in [-0.2, 0) is 6.54 Å². The van der Waals surface area contributed by atoms with Crippen molar-refractivity contribution in [1.82, 2.24) is 4.90 Å². The van der Waals surface area contributed by atoms with E-state index in [0.29, 0.717) is 0 Å². The van der Waals surface area contributed by atoms with Gasteiger partial charge < -0.3 is 10.2 Å². The van der Waals surface area contributed by atoms with Crippen molar-refractivity contribution in [2.24, 2.45) is 5.92 Å². The van der Waals surface area contributed by atoms with Gasteiger partial charge in [-0.3, -0.25) is 0 Å². The Morgan fingerprint density at radius 2 is 1.84 bits per heavy atom. The van der Waals surface area contributed by atoms with Gasteiger partial charge in [-0.15, -0.1) is 0 Å². The molecule has 0 atom stereocenters. The molecule has 106 valence electrons. The summed E-state index contributed by atoms with van der Waals surface area (Å²) in [5, 5.41) is 3.64. The molecule has 1 aliphatic rings. The van der Waals surface area contributed by atoms with Gasteiger partial charge in [0, 0.05) is 18.8 Å². The summed E-state index contributed by atoms with van der Waals surface area (Å²) in [7, 11) is 4.25. The van der Waals surface area contributed by atoms with E-state index in [9.17, 15) is 0 Å². The fourth-order valence-corrected chi connectivity index (χ4v) is 3.06. The van der Waals surface area contributed by atoms with Crippen LogP contribution >= 0.6 is 0 Å². The Morgan fingerprint density at radius 3 is 2.58 bits per heavy atom. The van der Waals surface area contributed by atoms with Gasteiger partial charge in [0.1, 0.15) is 0 Å². The predicted molar refractivity (Wildman–Crippen MR) is 83.5 cm³/mol. The molecule has 0 radical (unpaired) electrons. The predicted octanol–water partition coefficient (Wildman–Crippen LogP) is 4.13. The molecule has 2 rings (SSSR count). The summed E-state index contributed by atoms with van der Waals surface area (Å²) in [4.78, 5) is 2.22. The SMILES string of the molecule is CN(C)Cc1ccccc1NCCC1CCCCC1. The van der Waals surface area contributed by atoms with Crippen molar-refractivity contribution in [2.45, 2.75) is 45.1 Å². The largest absolute Gasteiger partial charge is 0.385 e. The molecule has 1 saturated carbocycles. The first-order chi connectivity index (χ1) is 9.25. The third kappa shape index (κ3) is 4.87. The van der Waals surface area contributed by atoms with Gasteiger partial charge >= 0.3 is 0 Å². The van der Waals surface area contributed by atoms with Gasteiger partial charge in [0.05, 0.1) is 0 Å². The van der Waals surface area contributed by atoms with E-state index in [2.05, 4.69) is 48.6 Å². The second kappa shape index (κ2) is 7.54. The van der Waals surface area contributed by atoms with Crippen molar-refractivity contribution in [3.8, 4) is 0 Å². The topological polar surface area (TPSA) is 15.3 Å². The van der Waals surface area contributed by atoms with Crippen molar-refractivity contribution in [1.29, 1.82) is 0 Å². The van der Waals surface area contributed by atoms with Crippen LogP contribution in [0.3, 0.4) is 0 Å². The molecule has 2 heteroatoms. The normalized spacial score (nSPS) is 16.8. The van der Waals surface area contributed by atoms with Gasteiger partial charge in [-0.2, -0.15) is 0 Å². The number of hydrogen-bond donors (Lipinski definition) is 1. The number of anilines is 1. The third-order valence-electron chi connectivity index (χ3n) is 4.10. The summed E-state index contributed by atoms with van der Waals surface area (Å²) in [6.07, 6.45) is 8.57. The van der Waals surface area contributed by atoms with Gasteiger partial charge in [0.15, 0.2) is 0 Å². The first-order valence-corrected chi connectivity index (χ1v) is 7.72. The highest BCUT2D eigenvalue weighted by molar-refractivity contribution is 5.50. The summed E-state index contributed by atoms with van der Waals surface area (Å²) in [6.45, 7) is 2.13. The van der Waals surface area contributed by atoms with Crippen LogP contribution in [0.15, 0.2) is 24.3 Å². The molecule has 1 N–H and O–H groups in total. The van der Waals surface area contributed by atoms with E-state index in [-0.39, 0.29) is 0 Å². The molecule has 19 heavy (non-hydrogen) atoms. The Kier molecular flexibility index (Phi) is 5.71. The second-order valence-corrected chi connectivity index (χ2v) is 6.11. The minimum Gasteiger partial charge on any atom is -0.385 e. The van der Waals surface area contributed by atoms with E-state index >= 15 is 0 Å². The first-order valence-electron chi connectivity index (χ1n) is 7.72. The zero-order chi connectivity index (χ0) is 13.5. The number of nitrogens with one attached hydrogen (secondary N) is 1. The average molecular weight is 260 g/mol. The highest BCUT2D eigenvalue weighted by Gasteiger charge is 2.12. The molecule has 1 fully saturated rings. The highest BCUT2D eigenvalue weighted by Crippen LogP contribution is 2.26. The molecule has 0 bridgehead atoms. The van der Waals surface area contributed by atoms with E-state index in [4.69, 9.17) is 0 Å². The van der Waals surface area contributed by atoms with Gasteiger partial charge in [0.2, 0.25) is 0 Å². The Bertz CT molecular complexity index is 367. The summed E-state index contributed by atoms with van der Waals surface area (Å²) < 4.78 is 0. The molecule has 1 aliphatic carbocycles. The fraction of sp³-hybridized carbons (Fsp3) is 0.647. The molecule has 0 aromatic heterocycles. The standard InChI is InChI=1S/C17H28N2/c1-19(2)14-16-10-6-7-11-17(16)18-13-12-15-8-4-3-5-9-15/h6-7,10-11,15,18H,3-5,8-9,12-14H2,1-2H3. The maximum atomic E-state index is 3.64. The van der Waals surface area contributed by atoms with E-state index in [0.717, 1.165) is 19.0 Å². The van der Waals surface area contributed by atoms with E-state index < -0.39 is 0 Å². The third-order valence-corrected chi connectivity index (χ3v) is 4.10. The van der Waals surface area contributed by atoms with Crippen LogP contribution in [0.4, 0.5) is 5.69 Å². The Labute approximate surface area is 118 Å². The number of nitrogens with zero attached hydrogens (tertiary/aromatic N) is 1. The lowest BCUT2D eigenvalue weighted by molar-refractivity contribution is 0.345. The molecule has 0 amide bonds. The van der Waals surface area contributed by atoms with Crippen LogP contribution < -0.4 is 5.32 Å². The smallest absolute Gasteiger partial charge is 0.0385 e. The number of rotatable bonds is 6. The van der Waals surface area contributed by atoms with Gasteiger partial charge in [0.25, 0.3) is 0 Å². The van der Waals surface area contributed by atoms with Gasteiger partial charge in [-0.25, -0.2) is 0 Å². The first kappa shape index (κ1) is 14.4. The van der Waals surface area contributed by atoms with E-state index in [1.54, 1.807) is 0 Å². The molecule has 0 spiro atoms. The zero-order valence-corrected chi connectivity index (χ0v) is 12.5. The molecule has 0 heterocycles. The second-order valence-electron chi connectivity index (χ2n) is 6.11. The van der Waals surface area contributed by atoms with E-state index in [1.807, 2.05) is 0 Å². The summed E-state index contributed by atoms with van der Waals surface area (Å²) in [5.41, 5.74) is 2.71. The van der Waals surface area contributed by atoms with Crippen molar-refractivity contribution >= 4 is 5.69 Å². The number of benzene rings is 1. The zero-order valence-electron chi connectivity index (χ0n) is 12.5. The Morgan fingerprint density at radius 1 is 1.11 bits per heavy atom. The monoisotopic (exact) mass is 260 g/mol.